The van der Waals surface area contributed by atoms with Crippen molar-refractivity contribution in [1.82, 2.24) is 15.5 Å². The molecule has 0 spiro atoms. The lowest BCUT2D eigenvalue weighted by atomic mass is 10.2. The molecule has 23 heavy (non-hydrogen) atoms. The Morgan fingerprint density at radius 3 is 2.78 bits per heavy atom. The van der Waals surface area contributed by atoms with Crippen LogP contribution in [0.2, 0.25) is 0 Å². The number of urea groups is 1. The quantitative estimate of drug-likeness (QED) is 0.711. The molecule has 2 rings (SSSR count). The molecule has 1 aromatic carbocycles. The third-order valence-electron chi connectivity index (χ3n) is 3.15. The van der Waals surface area contributed by atoms with E-state index in [4.69, 9.17) is 0 Å². The lowest BCUT2D eigenvalue weighted by molar-refractivity contribution is 0.252. The number of carbonyl (C=O) groups excluding carboxylic acids is 1. The highest BCUT2D eigenvalue weighted by molar-refractivity contribution is 5.89. The van der Waals surface area contributed by atoms with Crippen molar-refractivity contribution < 1.29 is 4.79 Å². The number of aryl methyl sites for hydroxylation is 1. The number of amides is 2. The summed E-state index contributed by atoms with van der Waals surface area (Å²) in [6.07, 6.45) is 1.69. The summed E-state index contributed by atoms with van der Waals surface area (Å²) in [5, 5.41) is 16.6. The molecule has 2 amide bonds. The molecule has 0 fully saturated rings. The molecular formula is C16H22N6O. The minimum atomic E-state index is -0.231. The SMILES string of the molecule is Cc1cccc(NC(=O)NCCNc2cc(N(C)C)cnn2)c1. The molecule has 0 bridgehead atoms. The molecule has 0 aliphatic carbocycles. The van der Waals surface area contributed by atoms with Crippen molar-refractivity contribution in [2.45, 2.75) is 6.92 Å². The van der Waals surface area contributed by atoms with Crippen LogP contribution >= 0.6 is 0 Å². The highest BCUT2D eigenvalue weighted by Gasteiger charge is 2.02. The normalized spacial score (nSPS) is 10.0. The second kappa shape index (κ2) is 7.98. The van der Waals surface area contributed by atoms with Gasteiger partial charge in [0.2, 0.25) is 0 Å². The first-order valence-electron chi connectivity index (χ1n) is 7.40. The van der Waals surface area contributed by atoms with Crippen LogP contribution in [0.5, 0.6) is 0 Å². The highest BCUT2D eigenvalue weighted by atomic mass is 16.2. The first kappa shape index (κ1) is 16.5. The Morgan fingerprint density at radius 1 is 1.22 bits per heavy atom. The minimum Gasteiger partial charge on any atom is -0.376 e. The molecule has 1 aromatic heterocycles. The Kier molecular flexibility index (Phi) is 5.74. The van der Waals surface area contributed by atoms with Crippen LogP contribution in [0, 0.1) is 6.92 Å². The van der Waals surface area contributed by atoms with Crippen LogP contribution < -0.4 is 20.9 Å². The zero-order valence-electron chi connectivity index (χ0n) is 13.6. The number of aromatic nitrogens is 2. The van der Waals surface area contributed by atoms with Gasteiger partial charge in [0, 0.05) is 38.9 Å². The third kappa shape index (κ3) is 5.46. The molecule has 0 atom stereocenters. The Labute approximate surface area is 136 Å². The smallest absolute Gasteiger partial charge is 0.319 e. The van der Waals surface area contributed by atoms with E-state index in [2.05, 4.69) is 26.1 Å². The number of nitrogens with one attached hydrogen (secondary N) is 3. The largest absolute Gasteiger partial charge is 0.376 e. The van der Waals surface area contributed by atoms with Crippen LogP contribution in [0.1, 0.15) is 5.56 Å². The minimum absolute atomic E-state index is 0.231. The number of hydrogen-bond acceptors (Lipinski definition) is 5. The zero-order valence-corrected chi connectivity index (χ0v) is 13.6. The van der Waals surface area contributed by atoms with E-state index in [0.29, 0.717) is 18.9 Å². The first-order chi connectivity index (χ1) is 11.0. The summed E-state index contributed by atoms with van der Waals surface area (Å²) < 4.78 is 0. The highest BCUT2D eigenvalue weighted by Crippen LogP contribution is 2.12. The van der Waals surface area contributed by atoms with E-state index in [-0.39, 0.29) is 6.03 Å². The Balaban J connectivity index is 1.73. The van der Waals surface area contributed by atoms with Gasteiger partial charge in [-0.25, -0.2) is 4.79 Å². The Bertz CT molecular complexity index is 659. The second-order valence-electron chi connectivity index (χ2n) is 5.37. The molecule has 1 heterocycles. The van der Waals surface area contributed by atoms with E-state index in [1.165, 1.54) is 0 Å². The van der Waals surface area contributed by atoms with Gasteiger partial charge in [0.25, 0.3) is 0 Å². The van der Waals surface area contributed by atoms with E-state index < -0.39 is 0 Å². The van der Waals surface area contributed by atoms with E-state index in [1.807, 2.05) is 56.3 Å². The van der Waals surface area contributed by atoms with Crippen LogP contribution in [0.4, 0.5) is 22.0 Å². The topological polar surface area (TPSA) is 82.2 Å². The fourth-order valence-electron chi connectivity index (χ4n) is 1.95. The van der Waals surface area contributed by atoms with Crippen LogP contribution in [0.15, 0.2) is 36.5 Å². The lowest BCUT2D eigenvalue weighted by Crippen LogP contribution is -2.32. The molecular weight excluding hydrogens is 292 g/mol. The van der Waals surface area contributed by atoms with Gasteiger partial charge < -0.3 is 20.9 Å². The van der Waals surface area contributed by atoms with Gasteiger partial charge in [-0.15, -0.1) is 5.10 Å². The summed E-state index contributed by atoms with van der Waals surface area (Å²) in [7, 11) is 3.88. The van der Waals surface area contributed by atoms with Crippen molar-refractivity contribution in [3.63, 3.8) is 0 Å². The second-order valence-corrected chi connectivity index (χ2v) is 5.37. The predicted molar refractivity (Wildman–Crippen MR) is 93.0 cm³/mol. The van der Waals surface area contributed by atoms with Crippen LogP contribution in [0.3, 0.4) is 0 Å². The number of benzene rings is 1. The summed E-state index contributed by atoms with van der Waals surface area (Å²) in [6.45, 7) is 3.02. The van der Waals surface area contributed by atoms with Crippen molar-refractivity contribution >= 4 is 23.2 Å². The van der Waals surface area contributed by atoms with Crippen molar-refractivity contribution in [3.05, 3.63) is 42.1 Å². The summed E-state index contributed by atoms with van der Waals surface area (Å²) in [5.74, 6) is 0.678. The molecule has 7 heteroatoms. The number of anilines is 3. The van der Waals surface area contributed by atoms with Gasteiger partial charge in [0.1, 0.15) is 0 Å². The van der Waals surface area contributed by atoms with Crippen LogP contribution in [-0.4, -0.2) is 43.4 Å². The van der Waals surface area contributed by atoms with E-state index >= 15 is 0 Å². The predicted octanol–water partition coefficient (Wildman–Crippen LogP) is 2.08. The van der Waals surface area contributed by atoms with Gasteiger partial charge in [-0.1, -0.05) is 12.1 Å². The maximum atomic E-state index is 11.8. The van der Waals surface area contributed by atoms with E-state index in [0.717, 1.165) is 16.9 Å². The molecule has 0 saturated carbocycles. The van der Waals surface area contributed by atoms with Gasteiger partial charge in [-0.3, -0.25) is 0 Å². The van der Waals surface area contributed by atoms with Crippen molar-refractivity contribution in [1.29, 1.82) is 0 Å². The number of hydrogen-bond donors (Lipinski definition) is 3. The maximum Gasteiger partial charge on any atom is 0.319 e. The van der Waals surface area contributed by atoms with Gasteiger partial charge in [0.05, 0.1) is 11.9 Å². The number of nitrogens with zero attached hydrogens (tertiary/aromatic N) is 3. The molecule has 2 aromatic rings. The fourth-order valence-corrected chi connectivity index (χ4v) is 1.95. The monoisotopic (exact) mass is 314 g/mol. The molecule has 0 saturated heterocycles. The van der Waals surface area contributed by atoms with E-state index in [1.54, 1.807) is 6.20 Å². The standard InChI is InChI=1S/C16H22N6O/c1-12-5-4-6-13(9-12)20-16(23)18-8-7-17-15-10-14(22(2)3)11-19-21-15/h4-6,9-11H,7-8H2,1-3H3,(H,17,21)(H2,18,20,23). The Morgan fingerprint density at radius 2 is 2.04 bits per heavy atom. The Hall–Kier alpha value is -2.83. The number of carbonyl (C=O) groups is 1. The maximum absolute atomic E-state index is 11.8. The van der Waals surface area contributed by atoms with Gasteiger partial charge in [0.15, 0.2) is 5.82 Å². The van der Waals surface area contributed by atoms with Crippen molar-refractivity contribution in [3.8, 4) is 0 Å². The summed E-state index contributed by atoms with van der Waals surface area (Å²) in [4.78, 5) is 13.7. The molecule has 3 N–H and O–H groups in total. The lowest BCUT2D eigenvalue weighted by Gasteiger charge is -2.13. The summed E-state index contributed by atoms with van der Waals surface area (Å²) in [5.41, 5.74) is 2.84. The van der Waals surface area contributed by atoms with Gasteiger partial charge in [-0.05, 0) is 24.6 Å². The molecule has 122 valence electrons. The molecule has 0 aliphatic heterocycles. The zero-order chi connectivity index (χ0) is 16.7. The van der Waals surface area contributed by atoms with Gasteiger partial charge in [-0.2, -0.15) is 5.10 Å². The average molecular weight is 314 g/mol. The molecule has 0 radical (unpaired) electrons. The first-order valence-corrected chi connectivity index (χ1v) is 7.40. The van der Waals surface area contributed by atoms with E-state index in [9.17, 15) is 4.79 Å². The van der Waals surface area contributed by atoms with Crippen molar-refractivity contribution in [2.24, 2.45) is 0 Å². The number of rotatable bonds is 6. The molecule has 7 nitrogen and oxygen atoms in total. The molecule has 0 unspecified atom stereocenters. The fraction of sp³-hybridized carbons (Fsp3) is 0.312. The van der Waals surface area contributed by atoms with Crippen LogP contribution in [0.25, 0.3) is 0 Å². The summed E-state index contributed by atoms with van der Waals surface area (Å²) >= 11 is 0. The third-order valence-corrected chi connectivity index (χ3v) is 3.15. The average Bonchev–Trinajstić information content (AvgIpc) is 2.52. The van der Waals surface area contributed by atoms with Crippen LogP contribution in [-0.2, 0) is 0 Å². The molecule has 0 aliphatic rings. The van der Waals surface area contributed by atoms with Crippen molar-refractivity contribution in [2.75, 3.05) is 42.7 Å². The summed E-state index contributed by atoms with van der Waals surface area (Å²) in [6, 6.07) is 9.33. The van der Waals surface area contributed by atoms with Gasteiger partial charge >= 0.3 is 6.03 Å².